The molecule has 2 rings (SSSR count). The molecule has 0 aromatic heterocycles. The van der Waals surface area contributed by atoms with Crippen LogP contribution in [0.5, 0.6) is 0 Å². The van der Waals surface area contributed by atoms with Crippen LogP contribution in [-0.4, -0.2) is 34.6 Å². The standard InChI is InChI=1S/C22H24Cl4N2O2S/c1-13(2)27-22(30)14(3)28(10-15-7-8-16(23)9-20(15)26)21(29)12-31-11-17-18(24)5-4-6-19(17)25/h4-9,13-14H,10-12H2,1-3H3,(H,27,30). The molecule has 168 valence electrons. The van der Waals surface area contributed by atoms with Gasteiger partial charge in [0.05, 0.1) is 5.75 Å². The molecule has 4 nitrogen and oxygen atoms in total. The molecule has 0 aliphatic rings. The summed E-state index contributed by atoms with van der Waals surface area (Å²) in [6.07, 6.45) is 0. The first-order valence-corrected chi connectivity index (χ1v) is 12.3. The number of hydrogen-bond acceptors (Lipinski definition) is 3. The summed E-state index contributed by atoms with van der Waals surface area (Å²) < 4.78 is 0. The van der Waals surface area contributed by atoms with Gasteiger partial charge in [-0.05, 0) is 56.2 Å². The highest BCUT2D eigenvalue weighted by molar-refractivity contribution is 7.99. The van der Waals surface area contributed by atoms with Gasteiger partial charge in [0.25, 0.3) is 0 Å². The number of rotatable bonds is 9. The summed E-state index contributed by atoms with van der Waals surface area (Å²) in [5, 5.41) is 4.92. The van der Waals surface area contributed by atoms with E-state index in [0.717, 1.165) is 5.56 Å². The Labute approximate surface area is 207 Å². The van der Waals surface area contributed by atoms with Crippen molar-refractivity contribution in [1.29, 1.82) is 0 Å². The van der Waals surface area contributed by atoms with E-state index in [1.165, 1.54) is 16.7 Å². The fourth-order valence-corrected chi connectivity index (χ4v) is 4.93. The highest BCUT2D eigenvalue weighted by Crippen LogP contribution is 2.29. The molecule has 0 aliphatic carbocycles. The Morgan fingerprint density at radius 1 is 1.00 bits per heavy atom. The van der Waals surface area contributed by atoms with Crippen LogP contribution >= 0.6 is 58.2 Å². The third-order valence-electron chi connectivity index (χ3n) is 4.49. The van der Waals surface area contributed by atoms with E-state index >= 15 is 0 Å². The first kappa shape index (κ1) is 26.1. The van der Waals surface area contributed by atoms with Crippen molar-refractivity contribution in [2.75, 3.05) is 5.75 Å². The molecular weight excluding hydrogens is 498 g/mol. The van der Waals surface area contributed by atoms with Crippen LogP contribution in [0.4, 0.5) is 0 Å². The van der Waals surface area contributed by atoms with Gasteiger partial charge < -0.3 is 10.2 Å². The molecule has 0 heterocycles. The van der Waals surface area contributed by atoms with Crippen molar-refractivity contribution in [2.45, 2.75) is 45.2 Å². The van der Waals surface area contributed by atoms with Gasteiger partial charge in [0.2, 0.25) is 11.8 Å². The number of carbonyl (C=O) groups is 2. The molecule has 2 amide bonds. The van der Waals surface area contributed by atoms with E-state index in [1.54, 1.807) is 43.3 Å². The Balaban J connectivity index is 2.15. The van der Waals surface area contributed by atoms with Crippen LogP contribution in [0, 0.1) is 0 Å². The molecule has 1 N–H and O–H groups in total. The van der Waals surface area contributed by atoms with E-state index in [-0.39, 0.29) is 30.2 Å². The highest BCUT2D eigenvalue weighted by Gasteiger charge is 2.27. The molecule has 1 atom stereocenters. The lowest BCUT2D eigenvalue weighted by molar-refractivity contribution is -0.138. The molecule has 0 radical (unpaired) electrons. The van der Waals surface area contributed by atoms with Crippen molar-refractivity contribution < 1.29 is 9.59 Å². The van der Waals surface area contributed by atoms with Crippen LogP contribution in [0.3, 0.4) is 0 Å². The van der Waals surface area contributed by atoms with Gasteiger partial charge in [-0.2, -0.15) is 0 Å². The lowest BCUT2D eigenvalue weighted by Gasteiger charge is -2.29. The van der Waals surface area contributed by atoms with Crippen molar-refractivity contribution in [3.05, 3.63) is 67.6 Å². The molecule has 0 spiro atoms. The van der Waals surface area contributed by atoms with Crippen LogP contribution in [0.2, 0.25) is 20.1 Å². The molecule has 31 heavy (non-hydrogen) atoms. The third kappa shape index (κ3) is 7.76. The number of nitrogens with zero attached hydrogens (tertiary/aromatic N) is 1. The Morgan fingerprint density at radius 3 is 2.23 bits per heavy atom. The first-order chi connectivity index (χ1) is 14.6. The summed E-state index contributed by atoms with van der Waals surface area (Å²) >= 11 is 26.1. The van der Waals surface area contributed by atoms with Crippen molar-refractivity contribution in [1.82, 2.24) is 10.2 Å². The van der Waals surface area contributed by atoms with Gasteiger partial charge >= 0.3 is 0 Å². The summed E-state index contributed by atoms with van der Waals surface area (Å²) in [6, 6.07) is 9.67. The second-order valence-electron chi connectivity index (χ2n) is 7.29. The molecule has 0 bridgehead atoms. The first-order valence-electron chi connectivity index (χ1n) is 9.64. The predicted molar refractivity (Wildman–Crippen MR) is 132 cm³/mol. The minimum absolute atomic E-state index is 0.0391. The Bertz CT molecular complexity index is 919. The van der Waals surface area contributed by atoms with Crippen molar-refractivity contribution in [2.24, 2.45) is 0 Å². The lowest BCUT2D eigenvalue weighted by atomic mass is 10.1. The monoisotopic (exact) mass is 520 g/mol. The molecule has 2 aromatic rings. The van der Waals surface area contributed by atoms with E-state index in [9.17, 15) is 9.59 Å². The summed E-state index contributed by atoms with van der Waals surface area (Å²) in [5.74, 6) is 0.219. The number of hydrogen-bond donors (Lipinski definition) is 1. The van der Waals surface area contributed by atoms with Crippen LogP contribution in [0.1, 0.15) is 31.9 Å². The van der Waals surface area contributed by atoms with E-state index in [1.807, 2.05) is 13.8 Å². The van der Waals surface area contributed by atoms with Crippen molar-refractivity contribution >= 4 is 70.0 Å². The summed E-state index contributed by atoms with van der Waals surface area (Å²) in [7, 11) is 0. The predicted octanol–water partition coefficient (Wildman–Crippen LogP) is 6.48. The zero-order valence-corrected chi connectivity index (χ0v) is 21.3. The SMILES string of the molecule is CC(C)NC(=O)C(C)N(Cc1ccc(Cl)cc1Cl)C(=O)CSCc1c(Cl)cccc1Cl. The van der Waals surface area contributed by atoms with Gasteiger partial charge in [-0.25, -0.2) is 0 Å². The van der Waals surface area contributed by atoms with E-state index in [4.69, 9.17) is 46.4 Å². The summed E-state index contributed by atoms with van der Waals surface area (Å²) in [5.41, 5.74) is 1.49. The van der Waals surface area contributed by atoms with Crippen LogP contribution in [-0.2, 0) is 21.9 Å². The van der Waals surface area contributed by atoms with E-state index in [0.29, 0.717) is 31.4 Å². The molecule has 0 fully saturated rings. The maximum absolute atomic E-state index is 13.1. The number of thioether (sulfide) groups is 1. The third-order valence-corrected chi connectivity index (χ3v) is 6.73. The molecule has 9 heteroatoms. The number of nitrogens with one attached hydrogen (secondary N) is 1. The summed E-state index contributed by atoms with van der Waals surface area (Å²) in [6.45, 7) is 5.63. The number of halogens is 4. The van der Waals surface area contributed by atoms with Gasteiger partial charge in [-0.1, -0.05) is 58.5 Å². The average Bonchev–Trinajstić information content (AvgIpc) is 2.68. The van der Waals surface area contributed by atoms with E-state index < -0.39 is 6.04 Å². The second kappa shape index (κ2) is 12.2. The van der Waals surface area contributed by atoms with Crippen LogP contribution in [0.25, 0.3) is 0 Å². The number of benzene rings is 2. The quantitative estimate of drug-likeness (QED) is 0.411. The Kier molecular flexibility index (Phi) is 10.3. The smallest absolute Gasteiger partial charge is 0.242 e. The minimum Gasteiger partial charge on any atom is -0.352 e. The van der Waals surface area contributed by atoms with Gasteiger partial charge in [-0.15, -0.1) is 11.8 Å². The van der Waals surface area contributed by atoms with Crippen molar-refractivity contribution in [3.63, 3.8) is 0 Å². The Morgan fingerprint density at radius 2 is 1.65 bits per heavy atom. The fraction of sp³-hybridized carbons (Fsp3) is 0.364. The molecule has 1 unspecified atom stereocenters. The number of carbonyl (C=O) groups excluding carboxylic acids is 2. The largest absolute Gasteiger partial charge is 0.352 e. The maximum atomic E-state index is 13.1. The second-order valence-corrected chi connectivity index (χ2v) is 9.93. The molecular formula is C22H24Cl4N2O2S. The molecule has 0 saturated heterocycles. The normalized spacial score (nSPS) is 12.0. The van der Waals surface area contributed by atoms with Crippen LogP contribution < -0.4 is 5.32 Å². The minimum atomic E-state index is -0.675. The summed E-state index contributed by atoms with van der Waals surface area (Å²) in [4.78, 5) is 27.2. The molecule has 0 aliphatic heterocycles. The zero-order chi connectivity index (χ0) is 23.1. The zero-order valence-electron chi connectivity index (χ0n) is 17.4. The van der Waals surface area contributed by atoms with Crippen LogP contribution in [0.15, 0.2) is 36.4 Å². The molecule has 0 saturated carbocycles. The number of amides is 2. The topological polar surface area (TPSA) is 49.4 Å². The Hall–Kier alpha value is -1.11. The van der Waals surface area contributed by atoms with Gasteiger partial charge in [0.1, 0.15) is 6.04 Å². The fourth-order valence-electron chi connectivity index (χ4n) is 2.81. The van der Waals surface area contributed by atoms with Gasteiger partial charge in [0, 0.05) is 38.4 Å². The average molecular weight is 522 g/mol. The van der Waals surface area contributed by atoms with Gasteiger partial charge in [-0.3, -0.25) is 9.59 Å². The van der Waals surface area contributed by atoms with E-state index in [2.05, 4.69) is 5.32 Å². The van der Waals surface area contributed by atoms with Crippen molar-refractivity contribution in [3.8, 4) is 0 Å². The molecule has 2 aromatic carbocycles. The maximum Gasteiger partial charge on any atom is 0.242 e. The highest BCUT2D eigenvalue weighted by atomic mass is 35.5. The van der Waals surface area contributed by atoms with Gasteiger partial charge in [0.15, 0.2) is 0 Å². The lowest BCUT2D eigenvalue weighted by Crippen LogP contribution is -2.49.